The molecule has 1 rings (SSSR count). The largest absolute Gasteiger partial charge is 0.493 e. The molecule has 1 nitrogen and oxygen atoms in total. The summed E-state index contributed by atoms with van der Waals surface area (Å²) in [5, 5.41) is 0. The van der Waals surface area contributed by atoms with Crippen molar-refractivity contribution in [2.45, 2.75) is 46.5 Å². The fourth-order valence-electron chi connectivity index (χ4n) is 1.96. The first-order valence-corrected chi connectivity index (χ1v) is 6.39. The van der Waals surface area contributed by atoms with Crippen molar-refractivity contribution in [3.05, 3.63) is 28.8 Å². The van der Waals surface area contributed by atoms with Crippen LogP contribution in [0.2, 0.25) is 0 Å². The molecule has 17 heavy (non-hydrogen) atoms. The first-order chi connectivity index (χ1) is 8.19. The van der Waals surface area contributed by atoms with Crippen molar-refractivity contribution in [1.82, 2.24) is 0 Å². The highest BCUT2D eigenvalue weighted by Crippen LogP contribution is 2.24. The summed E-state index contributed by atoms with van der Waals surface area (Å²) in [6, 6.07) is 4.02. The second-order valence-electron chi connectivity index (χ2n) is 4.49. The van der Waals surface area contributed by atoms with E-state index in [9.17, 15) is 0 Å². The zero-order chi connectivity index (χ0) is 12.7. The van der Waals surface area contributed by atoms with Gasteiger partial charge in [-0.1, -0.05) is 32.1 Å². The van der Waals surface area contributed by atoms with Gasteiger partial charge >= 0.3 is 0 Å². The Kier molecular flexibility index (Phi) is 5.63. The van der Waals surface area contributed by atoms with E-state index in [0.717, 1.165) is 35.5 Å². The maximum absolute atomic E-state index is 5.85. The normalized spacial score (nSPS) is 10.0. The molecule has 1 heteroatoms. The maximum Gasteiger partial charge on any atom is 0.125 e. The van der Waals surface area contributed by atoms with Gasteiger partial charge in [0.15, 0.2) is 0 Å². The van der Waals surface area contributed by atoms with E-state index < -0.39 is 0 Å². The monoisotopic (exact) mass is 230 g/mol. The van der Waals surface area contributed by atoms with E-state index in [4.69, 9.17) is 11.2 Å². The molecule has 0 radical (unpaired) electrons. The van der Waals surface area contributed by atoms with E-state index in [1.165, 1.54) is 19.3 Å². The molecule has 0 amide bonds. The van der Waals surface area contributed by atoms with Crippen LogP contribution in [0.4, 0.5) is 0 Å². The standard InChI is InChI=1S/C16H22O/c1-5-7-8-9-10-17-16-13(3)11-15(6-2)12-14(16)4/h2,11-12H,5,7-10H2,1,3-4H3. The predicted octanol–water partition coefficient (Wildman–Crippen LogP) is 4.24. The van der Waals surface area contributed by atoms with Gasteiger partial charge in [-0.05, 0) is 43.5 Å². The highest BCUT2D eigenvalue weighted by molar-refractivity contribution is 5.48. The van der Waals surface area contributed by atoms with Gasteiger partial charge in [0, 0.05) is 5.56 Å². The van der Waals surface area contributed by atoms with Crippen LogP contribution in [0.1, 0.15) is 49.3 Å². The van der Waals surface area contributed by atoms with Crippen LogP contribution in [0.15, 0.2) is 12.1 Å². The summed E-state index contributed by atoms with van der Waals surface area (Å²) in [7, 11) is 0. The smallest absolute Gasteiger partial charge is 0.125 e. The van der Waals surface area contributed by atoms with Crippen molar-refractivity contribution in [3.63, 3.8) is 0 Å². The van der Waals surface area contributed by atoms with E-state index in [-0.39, 0.29) is 0 Å². The van der Waals surface area contributed by atoms with Crippen molar-refractivity contribution in [3.8, 4) is 18.1 Å². The summed E-state index contributed by atoms with van der Waals surface area (Å²) in [5.41, 5.74) is 3.19. The summed E-state index contributed by atoms with van der Waals surface area (Å²) in [5.74, 6) is 3.66. The zero-order valence-corrected chi connectivity index (χ0v) is 11.2. The Morgan fingerprint density at radius 2 is 1.76 bits per heavy atom. The maximum atomic E-state index is 5.85. The average Bonchev–Trinajstić information content (AvgIpc) is 2.31. The highest BCUT2D eigenvalue weighted by atomic mass is 16.5. The number of benzene rings is 1. The van der Waals surface area contributed by atoms with E-state index in [2.05, 4.69) is 26.7 Å². The van der Waals surface area contributed by atoms with Crippen LogP contribution in [0, 0.1) is 26.2 Å². The molecule has 0 aliphatic carbocycles. The van der Waals surface area contributed by atoms with Gasteiger partial charge in [-0.2, -0.15) is 0 Å². The van der Waals surface area contributed by atoms with Gasteiger partial charge in [0.2, 0.25) is 0 Å². The Morgan fingerprint density at radius 3 is 2.29 bits per heavy atom. The van der Waals surface area contributed by atoms with Gasteiger partial charge in [-0.15, -0.1) is 6.42 Å². The van der Waals surface area contributed by atoms with Crippen LogP contribution < -0.4 is 4.74 Å². The molecule has 0 unspecified atom stereocenters. The number of hydrogen-bond acceptors (Lipinski definition) is 1. The fraction of sp³-hybridized carbons (Fsp3) is 0.500. The van der Waals surface area contributed by atoms with Gasteiger partial charge < -0.3 is 4.74 Å². The first-order valence-electron chi connectivity index (χ1n) is 6.39. The van der Waals surface area contributed by atoms with Crippen LogP contribution in [-0.4, -0.2) is 6.61 Å². The van der Waals surface area contributed by atoms with E-state index in [1.54, 1.807) is 0 Å². The van der Waals surface area contributed by atoms with Crippen LogP contribution in [0.25, 0.3) is 0 Å². The Bertz CT molecular complexity index is 375. The molecule has 0 fully saturated rings. The Labute approximate surface area is 105 Å². The van der Waals surface area contributed by atoms with Crippen molar-refractivity contribution in [2.24, 2.45) is 0 Å². The fourth-order valence-corrected chi connectivity index (χ4v) is 1.96. The zero-order valence-electron chi connectivity index (χ0n) is 11.2. The molecule has 0 heterocycles. The molecule has 0 spiro atoms. The second-order valence-corrected chi connectivity index (χ2v) is 4.49. The molecule has 0 aliphatic heterocycles. The summed E-state index contributed by atoms with van der Waals surface area (Å²) in [6.07, 6.45) is 10.3. The van der Waals surface area contributed by atoms with Gasteiger partial charge in [0.05, 0.1) is 6.61 Å². The van der Waals surface area contributed by atoms with Crippen LogP contribution in [-0.2, 0) is 0 Å². The lowest BCUT2D eigenvalue weighted by Gasteiger charge is -2.12. The third-order valence-electron chi connectivity index (χ3n) is 2.87. The third-order valence-corrected chi connectivity index (χ3v) is 2.87. The summed E-state index contributed by atoms with van der Waals surface area (Å²) in [4.78, 5) is 0. The minimum atomic E-state index is 0.803. The molecular formula is C16H22O. The van der Waals surface area contributed by atoms with Crippen molar-refractivity contribution in [2.75, 3.05) is 6.61 Å². The molecule has 1 aromatic rings. The molecule has 1 aromatic carbocycles. The SMILES string of the molecule is C#Cc1cc(C)c(OCCCCCC)c(C)c1. The lowest BCUT2D eigenvalue weighted by Crippen LogP contribution is -2.01. The van der Waals surface area contributed by atoms with Gasteiger partial charge in [-0.3, -0.25) is 0 Å². The van der Waals surface area contributed by atoms with Crippen molar-refractivity contribution >= 4 is 0 Å². The summed E-state index contributed by atoms with van der Waals surface area (Å²) >= 11 is 0. The Hall–Kier alpha value is -1.42. The summed E-state index contributed by atoms with van der Waals surface area (Å²) in [6.45, 7) is 7.12. The molecule has 92 valence electrons. The third kappa shape index (κ3) is 4.15. The minimum absolute atomic E-state index is 0.803. The van der Waals surface area contributed by atoms with Crippen molar-refractivity contribution < 1.29 is 4.74 Å². The molecule has 0 atom stereocenters. The minimum Gasteiger partial charge on any atom is -0.493 e. The van der Waals surface area contributed by atoms with E-state index in [0.29, 0.717) is 0 Å². The van der Waals surface area contributed by atoms with Crippen LogP contribution >= 0.6 is 0 Å². The van der Waals surface area contributed by atoms with Gasteiger partial charge in [0.25, 0.3) is 0 Å². The number of aryl methyl sites for hydroxylation is 2. The topological polar surface area (TPSA) is 9.23 Å². The number of terminal acetylenes is 1. The van der Waals surface area contributed by atoms with Crippen LogP contribution in [0.5, 0.6) is 5.75 Å². The molecule has 0 aromatic heterocycles. The molecular weight excluding hydrogens is 208 g/mol. The molecule has 0 aliphatic rings. The molecule has 0 bridgehead atoms. The van der Waals surface area contributed by atoms with Crippen molar-refractivity contribution in [1.29, 1.82) is 0 Å². The highest BCUT2D eigenvalue weighted by Gasteiger charge is 2.05. The van der Waals surface area contributed by atoms with E-state index in [1.807, 2.05) is 12.1 Å². The molecule has 0 saturated carbocycles. The average molecular weight is 230 g/mol. The Morgan fingerprint density at radius 1 is 1.12 bits per heavy atom. The molecule has 0 N–H and O–H groups in total. The van der Waals surface area contributed by atoms with Gasteiger partial charge in [0.1, 0.15) is 5.75 Å². The Balaban J connectivity index is 2.57. The number of unbranched alkanes of at least 4 members (excludes halogenated alkanes) is 3. The number of ether oxygens (including phenoxy) is 1. The molecule has 0 saturated heterocycles. The first kappa shape index (κ1) is 13.6. The second kappa shape index (κ2) is 7.01. The van der Waals surface area contributed by atoms with E-state index >= 15 is 0 Å². The lowest BCUT2D eigenvalue weighted by molar-refractivity contribution is 0.301. The lowest BCUT2D eigenvalue weighted by atomic mass is 10.1. The number of hydrogen-bond donors (Lipinski definition) is 0. The van der Waals surface area contributed by atoms with Crippen LogP contribution in [0.3, 0.4) is 0 Å². The van der Waals surface area contributed by atoms with Gasteiger partial charge in [-0.25, -0.2) is 0 Å². The summed E-state index contributed by atoms with van der Waals surface area (Å²) < 4.78 is 5.85. The quantitative estimate of drug-likeness (QED) is 0.524. The number of rotatable bonds is 6. The predicted molar refractivity (Wildman–Crippen MR) is 73.5 cm³/mol.